The molecule has 4 amide bonds. The minimum atomic E-state index is -0.924. The van der Waals surface area contributed by atoms with Crippen LogP contribution in [0, 0.1) is 9.39 Å². The average molecular weight is 630 g/mol. The highest BCUT2D eigenvalue weighted by Crippen LogP contribution is 2.35. The number of imide groups is 2. The molecule has 1 saturated heterocycles. The van der Waals surface area contributed by atoms with Crippen LogP contribution in [0.5, 0.6) is 11.5 Å². The molecular formula is C27H20FIN2O7. The number of benzene rings is 3. The predicted octanol–water partition coefficient (Wildman–Crippen LogP) is 4.47. The third kappa shape index (κ3) is 5.52. The van der Waals surface area contributed by atoms with Crippen molar-refractivity contribution >= 4 is 58.2 Å². The number of ether oxygens (including phenoxy) is 3. The summed E-state index contributed by atoms with van der Waals surface area (Å²) >= 11 is 2.00. The van der Waals surface area contributed by atoms with Gasteiger partial charge in [0.05, 0.1) is 29.0 Å². The first-order valence-corrected chi connectivity index (χ1v) is 12.1. The van der Waals surface area contributed by atoms with Crippen molar-refractivity contribution in [3.63, 3.8) is 0 Å². The van der Waals surface area contributed by atoms with E-state index in [1.165, 1.54) is 50.6 Å². The Kier molecular flexibility index (Phi) is 8.05. The average Bonchev–Trinajstić information content (AvgIpc) is 2.90. The van der Waals surface area contributed by atoms with Crippen molar-refractivity contribution in [1.82, 2.24) is 5.32 Å². The van der Waals surface area contributed by atoms with E-state index in [9.17, 15) is 23.6 Å². The van der Waals surface area contributed by atoms with Gasteiger partial charge >= 0.3 is 12.0 Å². The number of methoxy groups -OCH3 is 2. The van der Waals surface area contributed by atoms with Crippen molar-refractivity contribution < 1.29 is 37.8 Å². The Labute approximate surface area is 230 Å². The number of nitrogens with zero attached hydrogens (tertiary/aromatic N) is 1. The fraction of sp³-hybridized carbons (Fsp3) is 0.111. The van der Waals surface area contributed by atoms with Crippen molar-refractivity contribution in [3.8, 4) is 11.5 Å². The maximum Gasteiger partial charge on any atom is 0.337 e. The van der Waals surface area contributed by atoms with Crippen LogP contribution in [0.3, 0.4) is 0 Å². The summed E-state index contributed by atoms with van der Waals surface area (Å²) in [7, 11) is 2.66. The Morgan fingerprint density at radius 1 is 1.05 bits per heavy atom. The van der Waals surface area contributed by atoms with Gasteiger partial charge in [0.2, 0.25) is 0 Å². The second-order valence-corrected chi connectivity index (χ2v) is 9.07. The van der Waals surface area contributed by atoms with E-state index in [1.54, 1.807) is 30.3 Å². The number of esters is 1. The number of urea groups is 1. The quantitative estimate of drug-likeness (QED) is 0.178. The first kappa shape index (κ1) is 26.8. The lowest BCUT2D eigenvalue weighted by Gasteiger charge is -2.26. The van der Waals surface area contributed by atoms with E-state index in [0.717, 1.165) is 4.90 Å². The molecule has 1 aliphatic heterocycles. The molecule has 0 spiro atoms. The molecule has 0 radical (unpaired) electrons. The van der Waals surface area contributed by atoms with Gasteiger partial charge in [-0.15, -0.1) is 0 Å². The van der Waals surface area contributed by atoms with Gasteiger partial charge in [0.25, 0.3) is 11.8 Å². The molecular weight excluding hydrogens is 610 g/mol. The van der Waals surface area contributed by atoms with E-state index in [4.69, 9.17) is 9.47 Å². The molecule has 0 bridgehead atoms. The highest BCUT2D eigenvalue weighted by Gasteiger charge is 2.37. The van der Waals surface area contributed by atoms with Gasteiger partial charge in [-0.25, -0.2) is 18.9 Å². The van der Waals surface area contributed by atoms with Crippen molar-refractivity contribution in [2.45, 2.75) is 6.61 Å². The summed E-state index contributed by atoms with van der Waals surface area (Å²) in [6.45, 7) is -0.0355. The van der Waals surface area contributed by atoms with E-state index in [2.05, 4.69) is 10.1 Å². The summed E-state index contributed by atoms with van der Waals surface area (Å²) in [5.74, 6) is -2.03. The van der Waals surface area contributed by atoms with Gasteiger partial charge in [-0.05, 0) is 76.7 Å². The summed E-state index contributed by atoms with van der Waals surface area (Å²) in [6, 6.07) is 14.1. The van der Waals surface area contributed by atoms with Gasteiger partial charge in [0.1, 0.15) is 18.0 Å². The summed E-state index contributed by atoms with van der Waals surface area (Å²) in [4.78, 5) is 50.8. The van der Waals surface area contributed by atoms with Gasteiger partial charge in [0, 0.05) is 5.56 Å². The lowest BCUT2D eigenvalue weighted by molar-refractivity contribution is -0.122. The Bertz CT molecular complexity index is 1470. The molecule has 0 atom stereocenters. The first-order valence-electron chi connectivity index (χ1n) is 11.1. The second kappa shape index (κ2) is 11.4. The molecule has 3 aromatic rings. The molecule has 3 aromatic carbocycles. The van der Waals surface area contributed by atoms with Crippen molar-refractivity contribution in [1.29, 1.82) is 0 Å². The number of hydrogen-bond donors (Lipinski definition) is 1. The van der Waals surface area contributed by atoms with E-state index < -0.39 is 29.6 Å². The van der Waals surface area contributed by atoms with Gasteiger partial charge in [-0.3, -0.25) is 14.9 Å². The Hall–Kier alpha value is -4.26. The largest absolute Gasteiger partial charge is 0.493 e. The van der Waals surface area contributed by atoms with Crippen molar-refractivity contribution in [2.24, 2.45) is 0 Å². The van der Waals surface area contributed by atoms with Gasteiger partial charge in [-0.2, -0.15) is 0 Å². The zero-order valence-corrected chi connectivity index (χ0v) is 22.3. The topological polar surface area (TPSA) is 111 Å². The van der Waals surface area contributed by atoms with E-state index in [0.29, 0.717) is 26.2 Å². The van der Waals surface area contributed by atoms with Crippen LogP contribution in [0.2, 0.25) is 0 Å². The highest BCUT2D eigenvalue weighted by atomic mass is 127. The fourth-order valence-corrected chi connectivity index (χ4v) is 4.43. The monoisotopic (exact) mass is 630 g/mol. The SMILES string of the molecule is COC(=O)c1ccc(N2C(=O)NC(=O)/C(=C\c3cc(I)c(OCc4ccccc4F)c(OC)c3)C2=O)cc1. The Morgan fingerprint density at radius 2 is 1.76 bits per heavy atom. The van der Waals surface area contributed by atoms with Crippen LogP contribution in [0.15, 0.2) is 66.2 Å². The van der Waals surface area contributed by atoms with E-state index in [1.807, 2.05) is 22.6 Å². The molecule has 0 unspecified atom stereocenters. The second-order valence-electron chi connectivity index (χ2n) is 7.91. The number of carbonyl (C=O) groups is 4. The molecule has 194 valence electrons. The summed E-state index contributed by atoms with van der Waals surface area (Å²) in [5, 5.41) is 2.15. The number of halogens is 2. The molecule has 38 heavy (non-hydrogen) atoms. The maximum atomic E-state index is 14.0. The zero-order valence-electron chi connectivity index (χ0n) is 20.1. The van der Waals surface area contributed by atoms with Crippen molar-refractivity contribution in [3.05, 3.63) is 92.3 Å². The lowest BCUT2D eigenvalue weighted by Crippen LogP contribution is -2.54. The maximum absolute atomic E-state index is 14.0. The molecule has 9 nitrogen and oxygen atoms in total. The zero-order chi connectivity index (χ0) is 27.4. The summed E-state index contributed by atoms with van der Waals surface area (Å²) in [6.07, 6.45) is 1.32. The fourth-order valence-electron chi connectivity index (χ4n) is 3.65. The van der Waals surface area contributed by atoms with Crippen molar-refractivity contribution in [2.75, 3.05) is 19.1 Å². The normalized spacial score (nSPS) is 14.4. The van der Waals surface area contributed by atoms with E-state index in [-0.39, 0.29) is 23.4 Å². The molecule has 11 heteroatoms. The first-order chi connectivity index (χ1) is 18.2. The molecule has 0 aliphatic carbocycles. The van der Waals surface area contributed by atoms with Crippen LogP contribution in [-0.4, -0.2) is 38.0 Å². The summed E-state index contributed by atoms with van der Waals surface area (Å²) < 4.78 is 30.5. The predicted molar refractivity (Wildman–Crippen MR) is 143 cm³/mol. The highest BCUT2D eigenvalue weighted by molar-refractivity contribution is 14.1. The Balaban J connectivity index is 1.63. The van der Waals surface area contributed by atoms with Crippen LogP contribution < -0.4 is 19.7 Å². The number of carbonyl (C=O) groups excluding carboxylic acids is 4. The molecule has 0 saturated carbocycles. The number of anilines is 1. The number of nitrogens with one attached hydrogen (secondary N) is 1. The minimum absolute atomic E-state index is 0.0355. The van der Waals surface area contributed by atoms with Gasteiger partial charge in [-0.1, -0.05) is 18.2 Å². The molecule has 1 heterocycles. The van der Waals surface area contributed by atoms with Crippen LogP contribution in [0.4, 0.5) is 14.9 Å². The molecule has 1 N–H and O–H groups in total. The standard InChI is InChI=1S/C27H20FIN2O7/c1-36-22-13-15(12-21(29)23(22)38-14-17-5-3-4-6-20(17)28)11-19-24(32)30-27(35)31(25(19)33)18-9-7-16(8-10-18)26(34)37-2/h3-13H,14H2,1-2H3,(H,30,32,35)/b19-11+. The number of hydrogen-bond acceptors (Lipinski definition) is 7. The van der Waals surface area contributed by atoms with Gasteiger partial charge in [0.15, 0.2) is 11.5 Å². The molecule has 1 aliphatic rings. The van der Waals surface area contributed by atoms with Gasteiger partial charge < -0.3 is 14.2 Å². The van der Waals surface area contributed by atoms with Crippen LogP contribution in [0.1, 0.15) is 21.5 Å². The minimum Gasteiger partial charge on any atom is -0.493 e. The summed E-state index contributed by atoms with van der Waals surface area (Å²) in [5.41, 5.74) is 0.887. The number of barbiturate groups is 1. The molecule has 1 fully saturated rings. The van der Waals surface area contributed by atoms with E-state index >= 15 is 0 Å². The van der Waals surface area contributed by atoms with Crippen LogP contribution in [0.25, 0.3) is 6.08 Å². The van der Waals surface area contributed by atoms with Crippen LogP contribution >= 0.6 is 22.6 Å². The van der Waals surface area contributed by atoms with Crippen LogP contribution in [-0.2, 0) is 20.9 Å². The molecule has 4 rings (SSSR count). The lowest BCUT2D eigenvalue weighted by atomic mass is 10.1. The smallest absolute Gasteiger partial charge is 0.337 e. The third-order valence-corrected chi connectivity index (χ3v) is 6.34. The number of rotatable bonds is 7. The Morgan fingerprint density at radius 3 is 2.42 bits per heavy atom. The molecule has 0 aromatic heterocycles. The third-order valence-electron chi connectivity index (χ3n) is 5.54. The number of amides is 4.